The molecule has 0 radical (unpaired) electrons. The summed E-state index contributed by atoms with van der Waals surface area (Å²) in [6, 6.07) is 7.59. The van der Waals surface area contributed by atoms with Gasteiger partial charge in [-0.2, -0.15) is 0 Å². The maximum atomic E-state index is 12.7. The van der Waals surface area contributed by atoms with Gasteiger partial charge in [-0.05, 0) is 32.9 Å². The third-order valence-electron chi connectivity index (χ3n) is 4.39. The second-order valence-corrected chi connectivity index (χ2v) is 6.82. The molecule has 2 amide bonds. The number of carbonyl (C=O) groups is 2. The first-order valence-corrected chi connectivity index (χ1v) is 8.74. The number of anilines is 1. The van der Waals surface area contributed by atoms with Crippen LogP contribution in [0, 0.1) is 20.8 Å². The number of hydrogen-bond donors (Lipinski definition) is 1. The van der Waals surface area contributed by atoms with Crippen LogP contribution in [0.4, 0.5) is 5.82 Å². The Hall–Kier alpha value is -2.67. The second-order valence-electron chi connectivity index (χ2n) is 6.82. The van der Waals surface area contributed by atoms with Crippen molar-refractivity contribution < 1.29 is 14.1 Å². The van der Waals surface area contributed by atoms with Crippen LogP contribution in [0.3, 0.4) is 0 Å². The molecule has 1 N–H and O–H groups in total. The highest BCUT2D eigenvalue weighted by molar-refractivity contribution is 5.95. The molecule has 1 aliphatic rings. The molecule has 0 aliphatic carbocycles. The van der Waals surface area contributed by atoms with E-state index in [0.29, 0.717) is 37.8 Å². The van der Waals surface area contributed by atoms with E-state index >= 15 is 0 Å². The fraction of sp³-hybridized carbons (Fsp3) is 0.421. The molecule has 2 aromatic rings. The van der Waals surface area contributed by atoms with Gasteiger partial charge in [0.2, 0.25) is 5.91 Å². The zero-order chi connectivity index (χ0) is 18.7. The highest BCUT2D eigenvalue weighted by Gasteiger charge is 2.23. The minimum Gasteiger partial charge on any atom is -0.360 e. The van der Waals surface area contributed by atoms with Crippen LogP contribution >= 0.6 is 0 Å². The quantitative estimate of drug-likeness (QED) is 0.906. The maximum Gasteiger partial charge on any atom is 0.253 e. The van der Waals surface area contributed by atoms with E-state index in [2.05, 4.69) is 16.5 Å². The molecule has 1 aromatic heterocycles. The Labute approximate surface area is 152 Å². The lowest BCUT2D eigenvalue weighted by molar-refractivity contribution is -0.117. The summed E-state index contributed by atoms with van der Waals surface area (Å²) in [6.07, 6.45) is 0. The van der Waals surface area contributed by atoms with Crippen molar-refractivity contribution in [1.29, 1.82) is 0 Å². The second kappa shape index (κ2) is 7.70. The summed E-state index contributed by atoms with van der Waals surface area (Å²) in [4.78, 5) is 28.7. The molecule has 0 atom stereocenters. The van der Waals surface area contributed by atoms with Gasteiger partial charge < -0.3 is 14.7 Å². The normalized spacial score (nSPS) is 15.1. The minimum atomic E-state index is -0.132. The number of amides is 2. The number of aromatic nitrogens is 1. The maximum absolute atomic E-state index is 12.7. The van der Waals surface area contributed by atoms with E-state index in [1.165, 1.54) is 0 Å². The number of benzene rings is 1. The number of piperazine rings is 1. The predicted octanol–water partition coefficient (Wildman–Crippen LogP) is 2.00. The van der Waals surface area contributed by atoms with E-state index in [4.69, 9.17) is 4.52 Å². The summed E-state index contributed by atoms with van der Waals surface area (Å²) in [5, 5.41) is 6.47. The van der Waals surface area contributed by atoms with E-state index < -0.39 is 0 Å². The largest absolute Gasteiger partial charge is 0.360 e. The first-order valence-electron chi connectivity index (χ1n) is 8.74. The lowest BCUT2D eigenvalue weighted by Gasteiger charge is -2.34. The summed E-state index contributed by atoms with van der Waals surface area (Å²) in [5.41, 5.74) is 2.91. The Bertz CT molecular complexity index is 787. The van der Waals surface area contributed by atoms with Gasteiger partial charge in [0.15, 0.2) is 5.82 Å². The first kappa shape index (κ1) is 18.1. The molecular formula is C19H24N4O3. The molecule has 0 spiro atoms. The Balaban J connectivity index is 1.50. The van der Waals surface area contributed by atoms with Gasteiger partial charge in [-0.1, -0.05) is 22.3 Å². The number of rotatable bonds is 4. The zero-order valence-electron chi connectivity index (χ0n) is 15.4. The highest BCUT2D eigenvalue weighted by Crippen LogP contribution is 2.13. The average Bonchev–Trinajstić information content (AvgIpc) is 2.98. The van der Waals surface area contributed by atoms with Crippen molar-refractivity contribution in [2.45, 2.75) is 20.8 Å². The smallest absolute Gasteiger partial charge is 0.253 e. The zero-order valence-corrected chi connectivity index (χ0v) is 15.4. The number of nitrogens with one attached hydrogen (secondary N) is 1. The van der Waals surface area contributed by atoms with Gasteiger partial charge in [0.05, 0.1) is 6.54 Å². The van der Waals surface area contributed by atoms with Crippen LogP contribution in [0.25, 0.3) is 0 Å². The third kappa shape index (κ3) is 4.49. The number of hydrogen-bond acceptors (Lipinski definition) is 5. The molecule has 3 rings (SSSR count). The van der Waals surface area contributed by atoms with Crippen molar-refractivity contribution >= 4 is 17.6 Å². The Kier molecular flexibility index (Phi) is 5.37. The van der Waals surface area contributed by atoms with Crippen LogP contribution in [-0.4, -0.2) is 59.5 Å². The van der Waals surface area contributed by atoms with Gasteiger partial charge in [-0.3, -0.25) is 14.5 Å². The molecular weight excluding hydrogens is 332 g/mol. The van der Waals surface area contributed by atoms with Crippen molar-refractivity contribution in [2.24, 2.45) is 0 Å². The summed E-state index contributed by atoms with van der Waals surface area (Å²) >= 11 is 0. The van der Waals surface area contributed by atoms with Crippen LogP contribution < -0.4 is 5.32 Å². The molecule has 0 bridgehead atoms. The minimum absolute atomic E-state index is 0.0546. The van der Waals surface area contributed by atoms with Crippen molar-refractivity contribution in [3.8, 4) is 0 Å². The molecule has 138 valence electrons. The van der Waals surface area contributed by atoms with Gasteiger partial charge >= 0.3 is 0 Å². The van der Waals surface area contributed by atoms with E-state index in [1.807, 2.05) is 35.8 Å². The summed E-state index contributed by atoms with van der Waals surface area (Å²) in [6.45, 7) is 8.60. The molecule has 1 saturated heterocycles. The van der Waals surface area contributed by atoms with Crippen LogP contribution in [0.5, 0.6) is 0 Å². The molecule has 2 heterocycles. The van der Waals surface area contributed by atoms with Crippen molar-refractivity contribution in [1.82, 2.24) is 15.0 Å². The molecule has 26 heavy (non-hydrogen) atoms. The van der Waals surface area contributed by atoms with Gasteiger partial charge in [0.1, 0.15) is 5.76 Å². The third-order valence-corrected chi connectivity index (χ3v) is 4.39. The monoisotopic (exact) mass is 356 g/mol. The summed E-state index contributed by atoms with van der Waals surface area (Å²) in [5.74, 6) is 1.00. The number of aryl methyl sites for hydroxylation is 3. The summed E-state index contributed by atoms with van der Waals surface area (Å²) in [7, 11) is 0. The van der Waals surface area contributed by atoms with Crippen LogP contribution in [0.1, 0.15) is 27.2 Å². The van der Waals surface area contributed by atoms with Gasteiger partial charge in [-0.15, -0.1) is 0 Å². The van der Waals surface area contributed by atoms with Gasteiger partial charge in [-0.25, -0.2) is 0 Å². The highest BCUT2D eigenvalue weighted by atomic mass is 16.5. The molecule has 7 nitrogen and oxygen atoms in total. The molecule has 0 saturated carbocycles. The molecule has 7 heteroatoms. The molecule has 1 aromatic carbocycles. The molecule has 1 aliphatic heterocycles. The SMILES string of the molecule is Cc1cc(C)cc(C(=O)N2CCN(CC(=O)Nc3cc(C)on3)CC2)c1. The Morgan fingerprint density at radius 3 is 2.27 bits per heavy atom. The topological polar surface area (TPSA) is 78.7 Å². The fourth-order valence-electron chi connectivity index (χ4n) is 3.20. The fourth-order valence-corrected chi connectivity index (χ4v) is 3.20. The summed E-state index contributed by atoms with van der Waals surface area (Å²) < 4.78 is 4.93. The predicted molar refractivity (Wildman–Crippen MR) is 98.1 cm³/mol. The number of nitrogens with zero attached hydrogens (tertiary/aromatic N) is 3. The van der Waals surface area contributed by atoms with Crippen LogP contribution in [0.15, 0.2) is 28.8 Å². The van der Waals surface area contributed by atoms with Crippen LogP contribution in [0.2, 0.25) is 0 Å². The molecule has 1 fully saturated rings. The Morgan fingerprint density at radius 2 is 1.69 bits per heavy atom. The average molecular weight is 356 g/mol. The van der Waals surface area contributed by atoms with Gasteiger partial charge in [0, 0.05) is 37.8 Å². The lowest BCUT2D eigenvalue weighted by Crippen LogP contribution is -2.50. The molecule has 0 unspecified atom stereocenters. The van der Waals surface area contributed by atoms with Crippen molar-refractivity contribution in [2.75, 3.05) is 38.0 Å². The van der Waals surface area contributed by atoms with E-state index in [-0.39, 0.29) is 18.4 Å². The van der Waals surface area contributed by atoms with E-state index in [1.54, 1.807) is 13.0 Å². The standard InChI is InChI=1S/C19H24N4O3/c1-13-8-14(2)10-16(9-13)19(25)23-6-4-22(5-7-23)12-18(24)20-17-11-15(3)26-21-17/h8-11H,4-7,12H2,1-3H3,(H,20,21,24). The Morgan fingerprint density at radius 1 is 1.04 bits per heavy atom. The van der Waals surface area contributed by atoms with Gasteiger partial charge in [0.25, 0.3) is 5.91 Å². The number of carbonyl (C=O) groups excluding carboxylic acids is 2. The van der Waals surface area contributed by atoms with Crippen molar-refractivity contribution in [3.05, 3.63) is 46.7 Å². The lowest BCUT2D eigenvalue weighted by atomic mass is 10.1. The van der Waals surface area contributed by atoms with E-state index in [9.17, 15) is 9.59 Å². The van der Waals surface area contributed by atoms with Crippen molar-refractivity contribution in [3.63, 3.8) is 0 Å². The van der Waals surface area contributed by atoms with Crippen LogP contribution in [-0.2, 0) is 4.79 Å². The first-order chi connectivity index (χ1) is 12.4. The van der Waals surface area contributed by atoms with E-state index in [0.717, 1.165) is 16.7 Å².